The molecule has 1 aliphatic heterocycles. The number of pyridine rings is 1. The molecule has 8 nitrogen and oxygen atoms in total. The molecule has 0 saturated heterocycles. The highest BCUT2D eigenvalue weighted by atomic mass is 32.2. The fraction of sp³-hybridized carbons (Fsp3) is 0.174. The van der Waals surface area contributed by atoms with Crippen LogP contribution in [0.1, 0.15) is 10.4 Å². The number of aromatic nitrogens is 1. The summed E-state index contributed by atoms with van der Waals surface area (Å²) in [6, 6.07) is 14.2. The molecule has 33 heavy (non-hydrogen) atoms. The van der Waals surface area contributed by atoms with E-state index in [9.17, 15) is 14.0 Å². The minimum Gasteiger partial charge on any atom is -0.487 e. The fourth-order valence-corrected chi connectivity index (χ4v) is 3.67. The number of ether oxygens (including phenoxy) is 4. The second kappa shape index (κ2) is 10.7. The topological polar surface area (TPSA) is 96.0 Å². The van der Waals surface area contributed by atoms with Gasteiger partial charge in [0, 0.05) is 18.0 Å². The summed E-state index contributed by atoms with van der Waals surface area (Å²) >= 11 is 1.11. The maximum absolute atomic E-state index is 13.6. The second-order valence-electron chi connectivity index (χ2n) is 6.68. The molecule has 0 unspecified atom stereocenters. The summed E-state index contributed by atoms with van der Waals surface area (Å²) in [6.45, 7) is 0.0700. The van der Waals surface area contributed by atoms with E-state index in [1.165, 1.54) is 18.3 Å². The molecule has 1 N–H and O–H groups in total. The van der Waals surface area contributed by atoms with E-state index < -0.39 is 11.8 Å². The Labute approximate surface area is 193 Å². The van der Waals surface area contributed by atoms with E-state index in [0.29, 0.717) is 22.2 Å². The SMILES string of the molecule is O=C(CSc1ncccc1C(=O)OCCOc1ccccc1F)Nc1ccc2c(c1)OCO2. The lowest BCUT2D eigenvalue weighted by Crippen LogP contribution is -2.16. The Morgan fingerprint density at radius 3 is 2.79 bits per heavy atom. The van der Waals surface area contributed by atoms with E-state index in [4.69, 9.17) is 18.9 Å². The van der Waals surface area contributed by atoms with Crippen LogP contribution in [0.4, 0.5) is 10.1 Å². The quantitative estimate of drug-likeness (QED) is 0.286. The zero-order valence-corrected chi connectivity index (χ0v) is 18.1. The molecule has 1 amide bonds. The monoisotopic (exact) mass is 470 g/mol. The Kier molecular flexibility index (Phi) is 7.26. The Morgan fingerprint density at radius 1 is 1.06 bits per heavy atom. The van der Waals surface area contributed by atoms with Crippen LogP contribution in [0.3, 0.4) is 0 Å². The molecular formula is C23H19FN2O6S. The molecule has 0 fully saturated rings. The number of hydrogen-bond donors (Lipinski definition) is 1. The normalized spacial score (nSPS) is 11.7. The first-order valence-electron chi connectivity index (χ1n) is 9.92. The number of nitrogens with one attached hydrogen (secondary N) is 1. The number of benzene rings is 2. The Hall–Kier alpha value is -3.79. The van der Waals surface area contributed by atoms with Gasteiger partial charge in [0.25, 0.3) is 0 Å². The third kappa shape index (κ3) is 5.92. The van der Waals surface area contributed by atoms with Gasteiger partial charge in [-0.25, -0.2) is 14.2 Å². The van der Waals surface area contributed by atoms with Crippen LogP contribution in [0.15, 0.2) is 65.8 Å². The zero-order chi connectivity index (χ0) is 23.0. The van der Waals surface area contributed by atoms with Gasteiger partial charge in [0.2, 0.25) is 12.7 Å². The van der Waals surface area contributed by atoms with Crippen LogP contribution < -0.4 is 19.5 Å². The maximum Gasteiger partial charge on any atom is 0.341 e. The number of rotatable bonds is 9. The molecule has 0 bridgehead atoms. The van der Waals surface area contributed by atoms with Crippen LogP contribution in [0.25, 0.3) is 0 Å². The molecular weight excluding hydrogens is 451 g/mol. The average Bonchev–Trinajstić information content (AvgIpc) is 3.29. The summed E-state index contributed by atoms with van der Waals surface area (Å²) < 4.78 is 34.6. The standard InChI is InChI=1S/C23H19FN2O6S/c24-17-5-1-2-6-18(17)29-10-11-30-23(28)16-4-3-9-25-22(16)33-13-21(27)26-15-7-8-19-20(12-15)32-14-31-19/h1-9,12H,10-11,13-14H2,(H,26,27). The van der Waals surface area contributed by atoms with Crippen molar-refractivity contribution in [3.05, 3.63) is 72.2 Å². The number of anilines is 1. The van der Waals surface area contributed by atoms with Gasteiger partial charge in [0.1, 0.15) is 18.2 Å². The summed E-state index contributed by atoms with van der Waals surface area (Å²) in [7, 11) is 0. The highest BCUT2D eigenvalue weighted by molar-refractivity contribution is 8.00. The predicted octanol–water partition coefficient (Wildman–Crippen LogP) is 3.92. The number of halogens is 1. The van der Waals surface area contributed by atoms with Gasteiger partial charge in [-0.05, 0) is 36.4 Å². The lowest BCUT2D eigenvalue weighted by molar-refractivity contribution is -0.113. The van der Waals surface area contributed by atoms with Gasteiger partial charge in [0.05, 0.1) is 11.3 Å². The highest BCUT2D eigenvalue weighted by Gasteiger charge is 2.17. The smallest absolute Gasteiger partial charge is 0.341 e. The van der Waals surface area contributed by atoms with Gasteiger partial charge in [-0.2, -0.15) is 0 Å². The summed E-state index contributed by atoms with van der Waals surface area (Å²) in [5.74, 6) is -0.0794. The highest BCUT2D eigenvalue weighted by Crippen LogP contribution is 2.34. The summed E-state index contributed by atoms with van der Waals surface area (Å²) in [5.41, 5.74) is 0.796. The van der Waals surface area contributed by atoms with Crippen LogP contribution in [0.2, 0.25) is 0 Å². The number of nitrogens with zero attached hydrogens (tertiary/aromatic N) is 1. The molecule has 0 saturated carbocycles. The fourth-order valence-electron chi connectivity index (χ4n) is 2.89. The summed E-state index contributed by atoms with van der Waals surface area (Å²) in [6.07, 6.45) is 1.52. The van der Waals surface area contributed by atoms with E-state index in [2.05, 4.69) is 10.3 Å². The van der Waals surface area contributed by atoms with Crippen LogP contribution in [0, 0.1) is 5.82 Å². The van der Waals surface area contributed by atoms with Crippen molar-refractivity contribution in [3.8, 4) is 17.2 Å². The molecule has 10 heteroatoms. The van der Waals surface area contributed by atoms with Crippen LogP contribution in [0.5, 0.6) is 17.2 Å². The molecule has 0 aliphatic carbocycles. The van der Waals surface area contributed by atoms with Crippen molar-refractivity contribution >= 4 is 29.3 Å². The third-order valence-electron chi connectivity index (χ3n) is 4.40. The molecule has 1 aliphatic rings. The molecule has 4 rings (SSSR count). The lowest BCUT2D eigenvalue weighted by atomic mass is 10.3. The third-order valence-corrected chi connectivity index (χ3v) is 5.40. The molecule has 0 spiro atoms. The number of thioether (sulfide) groups is 1. The van der Waals surface area contributed by atoms with Gasteiger partial charge in [0.15, 0.2) is 23.1 Å². The van der Waals surface area contributed by atoms with Crippen LogP contribution in [-0.2, 0) is 9.53 Å². The van der Waals surface area contributed by atoms with Crippen molar-refractivity contribution in [1.29, 1.82) is 0 Å². The predicted molar refractivity (Wildman–Crippen MR) is 118 cm³/mol. The van der Waals surface area contributed by atoms with Crippen LogP contribution in [-0.4, -0.2) is 42.6 Å². The number of carbonyl (C=O) groups excluding carboxylic acids is 2. The van der Waals surface area contributed by atoms with E-state index >= 15 is 0 Å². The van der Waals surface area contributed by atoms with Gasteiger partial charge in [-0.1, -0.05) is 23.9 Å². The van der Waals surface area contributed by atoms with E-state index in [-0.39, 0.29) is 43.0 Å². The summed E-state index contributed by atoms with van der Waals surface area (Å²) in [5, 5.41) is 3.13. The maximum atomic E-state index is 13.6. The van der Waals surface area contributed by atoms with Crippen molar-refractivity contribution in [3.63, 3.8) is 0 Å². The van der Waals surface area contributed by atoms with Gasteiger partial charge < -0.3 is 24.3 Å². The van der Waals surface area contributed by atoms with Crippen LogP contribution >= 0.6 is 11.8 Å². The van der Waals surface area contributed by atoms with Crippen molar-refractivity contribution in [2.45, 2.75) is 5.03 Å². The molecule has 170 valence electrons. The molecule has 2 heterocycles. The van der Waals surface area contributed by atoms with Gasteiger partial charge >= 0.3 is 5.97 Å². The van der Waals surface area contributed by atoms with E-state index in [0.717, 1.165) is 11.8 Å². The Balaban J connectivity index is 1.27. The van der Waals surface area contributed by atoms with E-state index in [1.54, 1.807) is 42.5 Å². The lowest BCUT2D eigenvalue weighted by Gasteiger charge is -2.10. The summed E-state index contributed by atoms with van der Waals surface area (Å²) in [4.78, 5) is 29.0. The molecule has 0 radical (unpaired) electrons. The average molecular weight is 470 g/mol. The zero-order valence-electron chi connectivity index (χ0n) is 17.3. The molecule has 1 aromatic heterocycles. The number of hydrogen-bond acceptors (Lipinski definition) is 8. The minimum atomic E-state index is -0.612. The van der Waals surface area contributed by atoms with Gasteiger partial charge in [-0.15, -0.1) is 0 Å². The number of fused-ring (bicyclic) bond motifs is 1. The molecule has 0 atom stereocenters. The first-order valence-corrected chi connectivity index (χ1v) is 10.9. The number of esters is 1. The minimum absolute atomic E-state index is 0.00660. The Bertz CT molecular complexity index is 1160. The van der Waals surface area contributed by atoms with Gasteiger partial charge in [-0.3, -0.25) is 4.79 Å². The number of carbonyl (C=O) groups is 2. The largest absolute Gasteiger partial charge is 0.487 e. The van der Waals surface area contributed by atoms with Crippen molar-refractivity contribution < 1.29 is 32.9 Å². The first-order chi connectivity index (χ1) is 16.1. The van der Waals surface area contributed by atoms with Crippen molar-refractivity contribution in [2.75, 3.05) is 31.1 Å². The second-order valence-corrected chi connectivity index (χ2v) is 7.64. The first kappa shape index (κ1) is 22.4. The van der Waals surface area contributed by atoms with Crippen molar-refractivity contribution in [1.82, 2.24) is 4.98 Å². The molecule has 2 aromatic carbocycles. The molecule has 3 aromatic rings. The number of para-hydroxylation sites is 1. The van der Waals surface area contributed by atoms with E-state index in [1.807, 2.05) is 0 Å². The Morgan fingerprint density at radius 2 is 1.91 bits per heavy atom. The van der Waals surface area contributed by atoms with Crippen molar-refractivity contribution in [2.24, 2.45) is 0 Å². The number of amides is 1.